The number of hydrogen-bond donors (Lipinski definition) is 1. The predicted octanol–water partition coefficient (Wildman–Crippen LogP) is 6.34. The van der Waals surface area contributed by atoms with Gasteiger partial charge in [0.05, 0.1) is 17.1 Å². The summed E-state index contributed by atoms with van der Waals surface area (Å²) in [6, 6.07) is 16.7. The summed E-state index contributed by atoms with van der Waals surface area (Å²) in [6.07, 6.45) is 4.73. The molecule has 1 unspecified atom stereocenters. The topological polar surface area (TPSA) is 59.8 Å². The summed E-state index contributed by atoms with van der Waals surface area (Å²) in [5, 5.41) is 11.2. The van der Waals surface area contributed by atoms with Gasteiger partial charge in [-0.15, -0.1) is 11.3 Å². The van der Waals surface area contributed by atoms with E-state index in [1.165, 1.54) is 11.3 Å². The molecule has 0 aliphatic rings. The molecule has 0 saturated heterocycles. The maximum Gasteiger partial charge on any atom is 0.232 e. The Hall–Kier alpha value is -2.99. The molecule has 5 nitrogen and oxygen atoms in total. The third kappa shape index (κ3) is 4.60. The lowest BCUT2D eigenvalue weighted by atomic mass is 9.70. The van der Waals surface area contributed by atoms with E-state index in [0.717, 1.165) is 35.0 Å². The fourth-order valence-corrected chi connectivity index (χ4v) is 4.71. The minimum absolute atomic E-state index is 0.0472. The van der Waals surface area contributed by atoms with Crippen LogP contribution in [-0.4, -0.2) is 20.7 Å². The highest BCUT2D eigenvalue weighted by molar-refractivity contribution is 7.13. The van der Waals surface area contributed by atoms with E-state index in [9.17, 15) is 4.79 Å². The van der Waals surface area contributed by atoms with Crippen LogP contribution >= 0.6 is 11.3 Å². The van der Waals surface area contributed by atoms with Crippen molar-refractivity contribution in [3.05, 3.63) is 77.4 Å². The molecule has 1 N–H and O–H groups in total. The Morgan fingerprint density at radius 2 is 1.91 bits per heavy atom. The van der Waals surface area contributed by atoms with Gasteiger partial charge in [-0.1, -0.05) is 64.1 Å². The van der Waals surface area contributed by atoms with E-state index in [1.807, 2.05) is 43.6 Å². The van der Waals surface area contributed by atoms with Crippen LogP contribution in [0.3, 0.4) is 0 Å². The van der Waals surface area contributed by atoms with Crippen molar-refractivity contribution in [3.8, 4) is 0 Å². The Labute approximate surface area is 193 Å². The molecule has 1 amide bonds. The smallest absolute Gasteiger partial charge is 0.232 e. The van der Waals surface area contributed by atoms with Crippen LogP contribution in [0.15, 0.2) is 66.3 Å². The van der Waals surface area contributed by atoms with E-state index in [0.29, 0.717) is 11.0 Å². The molecule has 32 heavy (non-hydrogen) atoms. The van der Waals surface area contributed by atoms with E-state index in [1.54, 1.807) is 6.20 Å². The molecule has 0 saturated carbocycles. The Morgan fingerprint density at radius 1 is 1.12 bits per heavy atom. The lowest BCUT2D eigenvalue weighted by Crippen LogP contribution is -2.37. The van der Waals surface area contributed by atoms with Crippen LogP contribution in [0.4, 0.5) is 5.13 Å². The van der Waals surface area contributed by atoms with Gasteiger partial charge in [-0.3, -0.25) is 9.48 Å². The summed E-state index contributed by atoms with van der Waals surface area (Å²) in [4.78, 5) is 17.6. The number of hydrogen-bond acceptors (Lipinski definition) is 4. The Bertz CT molecular complexity index is 1180. The largest absolute Gasteiger partial charge is 0.301 e. The monoisotopic (exact) mass is 446 g/mol. The Morgan fingerprint density at radius 3 is 2.59 bits per heavy atom. The second kappa shape index (κ2) is 9.25. The van der Waals surface area contributed by atoms with Crippen LogP contribution in [0, 0.1) is 11.3 Å². The molecule has 0 spiro atoms. The van der Waals surface area contributed by atoms with Crippen molar-refractivity contribution in [3.63, 3.8) is 0 Å². The van der Waals surface area contributed by atoms with Gasteiger partial charge in [-0.25, -0.2) is 4.98 Å². The van der Waals surface area contributed by atoms with Gasteiger partial charge in [-0.2, -0.15) is 5.10 Å². The molecular weight excluding hydrogens is 416 g/mol. The third-order valence-corrected chi connectivity index (χ3v) is 6.70. The second-order valence-corrected chi connectivity index (χ2v) is 10.1. The molecule has 0 radical (unpaired) electrons. The number of rotatable bonds is 8. The van der Waals surface area contributed by atoms with Crippen molar-refractivity contribution < 1.29 is 4.79 Å². The van der Waals surface area contributed by atoms with Crippen LogP contribution in [0.25, 0.3) is 10.9 Å². The summed E-state index contributed by atoms with van der Waals surface area (Å²) >= 11 is 1.43. The number of carbonyl (C=O) groups is 1. The quantitative estimate of drug-likeness (QED) is 0.344. The summed E-state index contributed by atoms with van der Waals surface area (Å²) < 4.78 is 2.08. The van der Waals surface area contributed by atoms with E-state index in [4.69, 9.17) is 0 Å². The number of nitrogens with one attached hydrogen (secondary N) is 1. The maximum atomic E-state index is 13.4. The molecule has 0 aliphatic carbocycles. The van der Waals surface area contributed by atoms with E-state index < -0.39 is 5.41 Å². The van der Waals surface area contributed by atoms with E-state index in [-0.39, 0.29) is 11.8 Å². The zero-order valence-electron chi connectivity index (χ0n) is 19.1. The zero-order valence-corrected chi connectivity index (χ0v) is 19.9. The lowest BCUT2D eigenvalue weighted by Gasteiger charge is -2.34. The average Bonchev–Trinajstić information content (AvgIpc) is 3.42. The van der Waals surface area contributed by atoms with Crippen molar-refractivity contribution in [1.29, 1.82) is 0 Å². The molecule has 0 aliphatic heterocycles. The predicted molar refractivity (Wildman–Crippen MR) is 132 cm³/mol. The number of anilines is 1. The molecule has 4 rings (SSSR count). The van der Waals surface area contributed by atoms with Crippen LogP contribution in [0.1, 0.15) is 51.2 Å². The van der Waals surface area contributed by atoms with Gasteiger partial charge in [0.2, 0.25) is 5.91 Å². The summed E-state index contributed by atoms with van der Waals surface area (Å²) in [6.45, 7) is 9.37. The number of carbonyl (C=O) groups excluding carboxylic acids is 1. The fourth-order valence-electron chi connectivity index (χ4n) is 4.19. The van der Waals surface area contributed by atoms with E-state index >= 15 is 0 Å². The Kier molecular flexibility index (Phi) is 6.42. The molecule has 6 heteroatoms. The molecule has 0 bridgehead atoms. The van der Waals surface area contributed by atoms with Crippen LogP contribution < -0.4 is 5.32 Å². The normalized spacial score (nSPS) is 12.9. The zero-order chi connectivity index (χ0) is 22.7. The second-order valence-electron chi connectivity index (χ2n) is 9.23. The molecule has 2 aromatic heterocycles. The average molecular weight is 447 g/mol. The van der Waals surface area contributed by atoms with Crippen LogP contribution in [0.5, 0.6) is 0 Å². The molecule has 1 atom stereocenters. The first kappa shape index (κ1) is 22.2. The van der Waals surface area contributed by atoms with Gasteiger partial charge < -0.3 is 5.32 Å². The molecule has 2 aromatic carbocycles. The minimum Gasteiger partial charge on any atom is -0.301 e. The number of fused-ring (bicyclic) bond motifs is 1. The highest BCUT2D eigenvalue weighted by Crippen LogP contribution is 2.42. The number of aromatic nitrogens is 3. The van der Waals surface area contributed by atoms with Gasteiger partial charge in [0.15, 0.2) is 5.13 Å². The maximum absolute atomic E-state index is 13.4. The number of benzene rings is 2. The van der Waals surface area contributed by atoms with Crippen molar-refractivity contribution in [2.24, 2.45) is 11.3 Å². The molecule has 2 heterocycles. The van der Waals surface area contributed by atoms with Gasteiger partial charge in [0, 0.05) is 29.4 Å². The number of aryl methyl sites for hydroxylation is 1. The highest BCUT2D eigenvalue weighted by Gasteiger charge is 2.39. The fraction of sp³-hybridized carbons (Fsp3) is 0.346. The molecule has 166 valence electrons. The first-order valence-corrected chi connectivity index (χ1v) is 12.0. The summed E-state index contributed by atoms with van der Waals surface area (Å²) in [7, 11) is 0. The summed E-state index contributed by atoms with van der Waals surface area (Å²) in [5.41, 5.74) is 2.64. The van der Waals surface area contributed by atoms with Crippen molar-refractivity contribution in [1.82, 2.24) is 14.8 Å². The number of thiazole rings is 1. The van der Waals surface area contributed by atoms with Gasteiger partial charge in [-0.05, 0) is 35.6 Å². The van der Waals surface area contributed by atoms with E-state index in [2.05, 4.69) is 64.3 Å². The number of nitrogens with zero attached hydrogens (tertiary/aromatic N) is 3. The first-order valence-electron chi connectivity index (χ1n) is 11.1. The minimum atomic E-state index is -0.700. The SMILES string of the molecule is CC(C)CCn1ncc2cc(C(c3ccccc3)C(C)(C)C(=O)Nc3nccs3)ccc21. The van der Waals surface area contributed by atoms with Crippen molar-refractivity contribution >= 4 is 33.3 Å². The van der Waals surface area contributed by atoms with Gasteiger partial charge >= 0.3 is 0 Å². The van der Waals surface area contributed by atoms with Gasteiger partial charge in [0.25, 0.3) is 0 Å². The standard InChI is InChI=1S/C26H30N4OS/c1-18(2)12-14-30-22-11-10-20(16-21(22)17-28-30)23(19-8-6-5-7-9-19)26(3,4)24(31)29-25-27-13-15-32-25/h5-11,13,15-18,23H,12,14H2,1-4H3,(H,27,29,31). The van der Waals surface area contributed by atoms with Crippen molar-refractivity contribution in [2.75, 3.05) is 5.32 Å². The first-order chi connectivity index (χ1) is 15.4. The third-order valence-electron chi connectivity index (χ3n) is 6.01. The molecular formula is C26H30N4OS. The highest BCUT2D eigenvalue weighted by atomic mass is 32.1. The van der Waals surface area contributed by atoms with Crippen LogP contribution in [0.2, 0.25) is 0 Å². The molecule has 0 fully saturated rings. The van der Waals surface area contributed by atoms with Gasteiger partial charge in [0.1, 0.15) is 0 Å². The Balaban J connectivity index is 1.72. The number of amides is 1. The lowest BCUT2D eigenvalue weighted by molar-refractivity contribution is -0.124. The van der Waals surface area contributed by atoms with Crippen LogP contribution in [-0.2, 0) is 11.3 Å². The summed E-state index contributed by atoms with van der Waals surface area (Å²) in [5.74, 6) is 0.467. The van der Waals surface area contributed by atoms with Crippen molar-refractivity contribution in [2.45, 2.75) is 46.6 Å². The molecule has 4 aromatic rings.